The number of likely N-dealkylation sites (N-methyl/N-ethyl adjacent to an activating group) is 1. The van der Waals surface area contributed by atoms with Gasteiger partial charge in [-0.15, -0.1) is 0 Å². The van der Waals surface area contributed by atoms with E-state index in [9.17, 15) is 9.59 Å². The van der Waals surface area contributed by atoms with Gasteiger partial charge in [-0.05, 0) is 0 Å². The van der Waals surface area contributed by atoms with Gasteiger partial charge in [0, 0.05) is 12.1 Å². The second-order valence-corrected chi connectivity index (χ2v) is 4.78. The van der Waals surface area contributed by atoms with E-state index in [2.05, 4.69) is 0 Å². The van der Waals surface area contributed by atoms with Crippen LogP contribution in [0.15, 0.2) is 30.6 Å². The van der Waals surface area contributed by atoms with Crippen molar-refractivity contribution < 1.29 is 28.9 Å². The molecule has 0 amide bonds. The van der Waals surface area contributed by atoms with Crippen LogP contribution in [0.4, 0.5) is 0 Å². The van der Waals surface area contributed by atoms with Crippen LogP contribution in [0.1, 0.15) is 0 Å². The fourth-order valence-electron chi connectivity index (χ4n) is 1.10. The lowest BCUT2D eigenvalue weighted by molar-refractivity contribution is -0.862. The van der Waals surface area contributed by atoms with Crippen molar-refractivity contribution in [3.05, 3.63) is 30.6 Å². The summed E-state index contributed by atoms with van der Waals surface area (Å²) in [6.07, 6.45) is 3.43. The number of quaternary nitrogens is 1. The normalized spacial score (nSPS) is 10.2. The molecule has 0 saturated heterocycles. The van der Waals surface area contributed by atoms with Gasteiger partial charge >= 0.3 is 11.9 Å². The number of nitrogens with zero attached hydrogens (tertiary/aromatic N) is 2. The minimum atomic E-state index is -0.823. The highest BCUT2D eigenvalue weighted by molar-refractivity contribution is 5.67. The van der Waals surface area contributed by atoms with E-state index in [0.29, 0.717) is 4.48 Å². The van der Waals surface area contributed by atoms with Gasteiger partial charge in [-0.3, -0.25) is 0 Å². The molecule has 6 nitrogen and oxygen atoms in total. The highest BCUT2D eigenvalue weighted by Gasteiger charge is 2.11. The molecule has 1 aromatic rings. The van der Waals surface area contributed by atoms with Crippen LogP contribution in [0.2, 0.25) is 0 Å². The summed E-state index contributed by atoms with van der Waals surface area (Å²) in [4.78, 5) is 20.1. The number of aliphatic carboxylic acids is 2. The topological polar surface area (TPSA) is 78.5 Å². The Balaban J connectivity index is 0.000000331. The van der Waals surface area contributed by atoms with Gasteiger partial charge in [0.1, 0.15) is 0 Å². The quantitative estimate of drug-likeness (QED) is 0.579. The average molecular weight is 256 g/mol. The van der Waals surface area contributed by atoms with Crippen molar-refractivity contribution in [2.75, 3.05) is 27.7 Å². The Morgan fingerprint density at radius 3 is 1.78 bits per heavy atom. The number of carboxylic acid groups (broad SMARTS) is 2. The molecular formula is C12H20N2O4+2. The second-order valence-electron chi connectivity index (χ2n) is 4.78. The summed E-state index contributed by atoms with van der Waals surface area (Å²) in [5, 5.41) is 16.6. The molecule has 0 aromatic carbocycles. The molecule has 1 rings (SSSR count). The van der Waals surface area contributed by atoms with Gasteiger partial charge < -0.3 is 14.7 Å². The monoisotopic (exact) mass is 256 g/mol. The van der Waals surface area contributed by atoms with Crippen LogP contribution in [0.5, 0.6) is 0 Å². The molecule has 0 fully saturated rings. The molecule has 0 unspecified atom stereocenters. The molecule has 0 aliphatic rings. The first kappa shape index (κ1) is 16.1. The summed E-state index contributed by atoms with van der Waals surface area (Å²) in [5.41, 5.74) is 0. The zero-order chi connectivity index (χ0) is 14.2. The predicted octanol–water partition coefficient (Wildman–Crippen LogP) is -0.164. The maximum absolute atomic E-state index is 10.1. The van der Waals surface area contributed by atoms with Gasteiger partial charge in [0.25, 0.3) is 0 Å². The van der Waals surface area contributed by atoms with Gasteiger partial charge in [0.2, 0.25) is 6.54 Å². The van der Waals surface area contributed by atoms with E-state index < -0.39 is 11.9 Å². The zero-order valence-electron chi connectivity index (χ0n) is 10.9. The van der Waals surface area contributed by atoms with Crippen molar-refractivity contribution in [1.29, 1.82) is 0 Å². The molecule has 100 valence electrons. The van der Waals surface area contributed by atoms with E-state index in [1.807, 2.05) is 27.2 Å². The first-order chi connectivity index (χ1) is 8.20. The predicted molar refractivity (Wildman–Crippen MR) is 64.8 cm³/mol. The van der Waals surface area contributed by atoms with Crippen molar-refractivity contribution >= 4 is 11.9 Å². The number of carboxylic acids is 2. The molecule has 0 bridgehead atoms. The van der Waals surface area contributed by atoms with Crippen LogP contribution in [-0.4, -0.2) is 54.3 Å². The number of rotatable bonds is 4. The Hall–Kier alpha value is -1.95. The van der Waals surface area contributed by atoms with E-state index in [4.69, 9.17) is 10.2 Å². The van der Waals surface area contributed by atoms with Gasteiger partial charge in [-0.1, -0.05) is 6.07 Å². The molecule has 0 aliphatic carbocycles. The van der Waals surface area contributed by atoms with Crippen molar-refractivity contribution in [3.8, 4) is 0 Å². The lowest BCUT2D eigenvalue weighted by atomic mass is 10.5. The molecule has 0 atom stereocenters. The lowest BCUT2D eigenvalue weighted by Crippen LogP contribution is -2.39. The summed E-state index contributed by atoms with van der Waals surface area (Å²) < 4.78 is 2.08. The van der Waals surface area contributed by atoms with Crippen LogP contribution in [0.3, 0.4) is 0 Å². The van der Waals surface area contributed by atoms with E-state index in [1.165, 1.54) is 0 Å². The third kappa shape index (κ3) is 10.6. The molecule has 6 heteroatoms. The number of carbonyl (C=O) groups is 2. The maximum Gasteiger partial charge on any atom is 0.370 e. The minimum Gasteiger partial charge on any atom is -0.477 e. The largest absolute Gasteiger partial charge is 0.477 e. The summed E-state index contributed by atoms with van der Waals surface area (Å²) >= 11 is 0. The van der Waals surface area contributed by atoms with Crippen LogP contribution in [0, 0.1) is 0 Å². The summed E-state index contributed by atoms with van der Waals surface area (Å²) in [6, 6.07) is 5.43. The number of hydrogen-bond donors (Lipinski definition) is 2. The SMILES string of the molecule is C[N+](C)(C)CC(=O)O.O=C(O)C[n+]1ccccc1. The van der Waals surface area contributed by atoms with Crippen molar-refractivity contribution in [1.82, 2.24) is 0 Å². The Morgan fingerprint density at radius 2 is 1.50 bits per heavy atom. The van der Waals surface area contributed by atoms with Gasteiger partial charge in [-0.25, -0.2) is 9.59 Å². The van der Waals surface area contributed by atoms with E-state index in [-0.39, 0.29) is 13.1 Å². The number of aromatic nitrogens is 1. The molecule has 0 spiro atoms. The first-order valence-electron chi connectivity index (χ1n) is 5.39. The Kier molecular flexibility index (Phi) is 6.59. The molecule has 0 radical (unpaired) electrons. The maximum atomic E-state index is 10.1. The summed E-state index contributed by atoms with van der Waals surface area (Å²) in [7, 11) is 5.52. The van der Waals surface area contributed by atoms with Gasteiger partial charge in [0.05, 0.1) is 21.1 Å². The molecule has 2 N–H and O–H groups in total. The van der Waals surface area contributed by atoms with E-state index in [1.54, 1.807) is 29.1 Å². The first-order valence-corrected chi connectivity index (χ1v) is 5.39. The molecule has 0 saturated carbocycles. The highest BCUT2D eigenvalue weighted by Crippen LogP contribution is 1.86. The smallest absolute Gasteiger partial charge is 0.370 e. The van der Waals surface area contributed by atoms with Gasteiger partial charge in [-0.2, -0.15) is 4.57 Å². The molecule has 0 aliphatic heterocycles. The van der Waals surface area contributed by atoms with Crippen LogP contribution in [0.25, 0.3) is 0 Å². The number of pyridine rings is 1. The Labute approximate surface area is 106 Å². The van der Waals surface area contributed by atoms with Crippen LogP contribution < -0.4 is 4.57 Å². The molecule has 18 heavy (non-hydrogen) atoms. The fraction of sp³-hybridized carbons (Fsp3) is 0.417. The molecular weight excluding hydrogens is 236 g/mol. The molecule has 1 aromatic heterocycles. The fourth-order valence-corrected chi connectivity index (χ4v) is 1.10. The van der Waals surface area contributed by atoms with E-state index in [0.717, 1.165) is 0 Å². The second kappa shape index (κ2) is 7.39. The van der Waals surface area contributed by atoms with E-state index >= 15 is 0 Å². The summed E-state index contributed by atoms with van der Waals surface area (Å²) in [6.45, 7) is 0.209. The summed E-state index contributed by atoms with van der Waals surface area (Å²) in [5.74, 6) is -1.58. The van der Waals surface area contributed by atoms with Gasteiger partial charge in [0.15, 0.2) is 18.9 Å². The standard InChI is InChI=1S/C7H7NO2.C5H11NO2/c9-7(10)6-8-4-2-1-3-5-8;1-6(2,3)4-5(7)8/h1-5H,6H2;4H2,1-3H3/p+2. The molecule has 1 heterocycles. The average Bonchev–Trinajstić information content (AvgIpc) is 2.14. The Morgan fingerprint density at radius 1 is 1.00 bits per heavy atom. The zero-order valence-corrected chi connectivity index (χ0v) is 10.9. The third-order valence-electron chi connectivity index (χ3n) is 1.70. The van der Waals surface area contributed by atoms with Crippen molar-refractivity contribution in [3.63, 3.8) is 0 Å². The Bertz CT molecular complexity index is 385. The highest BCUT2D eigenvalue weighted by atomic mass is 16.4. The van der Waals surface area contributed by atoms with Crippen molar-refractivity contribution in [2.24, 2.45) is 0 Å². The van der Waals surface area contributed by atoms with Crippen LogP contribution in [-0.2, 0) is 16.1 Å². The van der Waals surface area contributed by atoms with Crippen molar-refractivity contribution in [2.45, 2.75) is 6.54 Å². The minimum absolute atomic E-state index is 0.0286. The van der Waals surface area contributed by atoms with Crippen LogP contribution >= 0.6 is 0 Å². The lowest BCUT2D eigenvalue weighted by Gasteiger charge is -2.20. The number of hydrogen-bond acceptors (Lipinski definition) is 2. The third-order valence-corrected chi connectivity index (χ3v) is 1.70.